The lowest BCUT2D eigenvalue weighted by atomic mass is 10.1. The fourth-order valence-corrected chi connectivity index (χ4v) is 6.13. The van der Waals surface area contributed by atoms with Crippen molar-refractivity contribution in [3.05, 3.63) is 59.2 Å². The number of hydrogen-bond donors (Lipinski definition) is 0. The van der Waals surface area contributed by atoms with E-state index in [1.165, 1.54) is 10.4 Å². The van der Waals surface area contributed by atoms with E-state index in [4.69, 9.17) is 0 Å². The van der Waals surface area contributed by atoms with E-state index in [0.29, 0.717) is 6.07 Å². The first-order valence-electron chi connectivity index (χ1n) is 9.08. The van der Waals surface area contributed by atoms with Crippen LogP contribution in [0.3, 0.4) is 0 Å². The van der Waals surface area contributed by atoms with E-state index in [1.807, 2.05) is 6.92 Å². The molecule has 6 nitrogen and oxygen atoms in total. The fourth-order valence-electron chi connectivity index (χ4n) is 3.16. The molecular weight excluding hydrogens is 441 g/mol. The van der Waals surface area contributed by atoms with E-state index in [2.05, 4.69) is 0 Å². The second-order valence-corrected chi connectivity index (χ2v) is 11.0. The molecule has 2 aromatic rings. The summed E-state index contributed by atoms with van der Waals surface area (Å²) in [6.45, 7) is 3.18. The Morgan fingerprint density at radius 3 is 1.70 bits per heavy atom. The van der Waals surface area contributed by atoms with Crippen LogP contribution in [-0.2, 0) is 26.2 Å². The van der Waals surface area contributed by atoms with Gasteiger partial charge in [-0.3, -0.25) is 0 Å². The summed E-state index contributed by atoms with van der Waals surface area (Å²) < 4.78 is 92.2. The molecule has 0 aromatic heterocycles. The third-order valence-corrected chi connectivity index (χ3v) is 8.90. The van der Waals surface area contributed by atoms with Crippen molar-refractivity contribution in [2.24, 2.45) is 0 Å². The highest BCUT2D eigenvalue weighted by Crippen LogP contribution is 2.31. The molecule has 3 rings (SSSR count). The van der Waals surface area contributed by atoms with Gasteiger partial charge in [-0.1, -0.05) is 12.1 Å². The minimum Gasteiger partial charge on any atom is -0.207 e. The molecule has 1 fully saturated rings. The number of rotatable bonds is 4. The number of piperazine rings is 1. The maximum absolute atomic E-state index is 12.9. The Kier molecular flexibility index (Phi) is 6.02. The highest BCUT2D eigenvalue weighted by atomic mass is 32.2. The van der Waals surface area contributed by atoms with Crippen LogP contribution in [0.2, 0.25) is 0 Å². The molecule has 0 spiro atoms. The van der Waals surface area contributed by atoms with Gasteiger partial charge in [-0.15, -0.1) is 0 Å². The molecular formula is C19H21F3N2O4S2. The molecule has 0 amide bonds. The summed E-state index contributed by atoms with van der Waals surface area (Å²) in [5, 5.41) is 0. The highest BCUT2D eigenvalue weighted by molar-refractivity contribution is 7.89. The number of halogens is 3. The zero-order valence-electron chi connectivity index (χ0n) is 16.3. The minimum atomic E-state index is -4.66. The Morgan fingerprint density at radius 1 is 0.733 bits per heavy atom. The minimum absolute atomic E-state index is 0.0898. The zero-order valence-corrected chi connectivity index (χ0v) is 18.0. The standard InChI is InChI=1S/C19H21F3N2O4S2/c1-14-6-7-18(12-15(14)2)30(27,28)24-10-8-23(9-11-24)29(25,26)17-5-3-4-16(13-17)19(20,21)22/h3-7,12-13H,8-11H2,1-2H3. The third kappa shape index (κ3) is 4.39. The van der Waals surface area contributed by atoms with Crippen LogP contribution in [0.1, 0.15) is 16.7 Å². The van der Waals surface area contributed by atoms with E-state index in [1.54, 1.807) is 19.1 Å². The molecule has 0 atom stereocenters. The van der Waals surface area contributed by atoms with Gasteiger partial charge in [0.05, 0.1) is 15.4 Å². The van der Waals surface area contributed by atoms with E-state index >= 15 is 0 Å². The summed E-state index contributed by atoms with van der Waals surface area (Å²) in [4.78, 5) is -0.345. The Morgan fingerprint density at radius 2 is 1.23 bits per heavy atom. The topological polar surface area (TPSA) is 74.8 Å². The third-order valence-electron chi connectivity index (χ3n) is 5.11. The second-order valence-electron chi connectivity index (χ2n) is 7.08. The second kappa shape index (κ2) is 7.95. The van der Waals surface area contributed by atoms with Gasteiger partial charge in [0.1, 0.15) is 0 Å². The van der Waals surface area contributed by atoms with Crippen LogP contribution < -0.4 is 0 Å². The summed E-state index contributed by atoms with van der Waals surface area (Å²) >= 11 is 0. The highest BCUT2D eigenvalue weighted by Gasteiger charge is 2.36. The van der Waals surface area contributed by atoms with Crippen LogP contribution >= 0.6 is 0 Å². The van der Waals surface area contributed by atoms with Gasteiger partial charge in [0.25, 0.3) is 0 Å². The van der Waals surface area contributed by atoms with Crippen LogP contribution in [0.15, 0.2) is 52.3 Å². The van der Waals surface area contributed by atoms with E-state index in [-0.39, 0.29) is 31.1 Å². The van der Waals surface area contributed by atoms with Gasteiger partial charge in [0.15, 0.2) is 0 Å². The Bertz CT molecular complexity index is 1150. The lowest BCUT2D eigenvalue weighted by Gasteiger charge is -2.33. The van der Waals surface area contributed by atoms with Crippen molar-refractivity contribution >= 4 is 20.0 Å². The Labute approximate surface area is 174 Å². The van der Waals surface area contributed by atoms with Gasteiger partial charge in [0.2, 0.25) is 20.0 Å². The predicted octanol–water partition coefficient (Wildman–Crippen LogP) is 3.02. The maximum atomic E-state index is 12.9. The normalized spacial score (nSPS) is 17.2. The average molecular weight is 463 g/mol. The van der Waals surface area contributed by atoms with Gasteiger partial charge in [-0.05, 0) is 55.3 Å². The molecule has 1 heterocycles. The van der Waals surface area contributed by atoms with Gasteiger partial charge in [0, 0.05) is 26.2 Å². The van der Waals surface area contributed by atoms with Gasteiger partial charge >= 0.3 is 6.18 Å². The van der Waals surface area contributed by atoms with E-state index < -0.39 is 36.7 Å². The number of aryl methyl sites for hydroxylation is 2. The van der Waals surface area contributed by atoms with Gasteiger partial charge in [-0.2, -0.15) is 21.8 Å². The van der Waals surface area contributed by atoms with Gasteiger partial charge < -0.3 is 0 Å². The molecule has 0 bridgehead atoms. The monoisotopic (exact) mass is 462 g/mol. The Hall–Kier alpha value is -1.95. The molecule has 1 aliphatic heterocycles. The van der Waals surface area contributed by atoms with Crippen molar-refractivity contribution < 1.29 is 30.0 Å². The van der Waals surface area contributed by atoms with Crippen molar-refractivity contribution in [1.29, 1.82) is 0 Å². The molecule has 0 radical (unpaired) electrons. The Balaban J connectivity index is 1.78. The van der Waals surface area contributed by atoms with Crippen LogP contribution in [-0.4, -0.2) is 51.6 Å². The summed E-state index contributed by atoms with van der Waals surface area (Å²) in [5.74, 6) is 0. The van der Waals surface area contributed by atoms with Crippen molar-refractivity contribution in [2.45, 2.75) is 29.8 Å². The van der Waals surface area contributed by atoms with Crippen LogP contribution in [0.25, 0.3) is 0 Å². The van der Waals surface area contributed by atoms with Crippen molar-refractivity contribution in [3.8, 4) is 0 Å². The molecule has 1 aliphatic rings. The number of hydrogen-bond acceptors (Lipinski definition) is 4. The molecule has 0 saturated carbocycles. The first-order chi connectivity index (χ1) is 13.8. The first-order valence-corrected chi connectivity index (χ1v) is 12.0. The molecule has 0 aliphatic carbocycles. The van der Waals surface area contributed by atoms with Crippen LogP contribution in [0.5, 0.6) is 0 Å². The molecule has 164 valence electrons. The number of alkyl halides is 3. The fraction of sp³-hybridized carbons (Fsp3) is 0.368. The molecule has 30 heavy (non-hydrogen) atoms. The zero-order chi connectivity index (χ0) is 22.3. The summed E-state index contributed by atoms with van der Waals surface area (Å²) in [6, 6.07) is 8.30. The van der Waals surface area contributed by atoms with Crippen molar-refractivity contribution in [1.82, 2.24) is 8.61 Å². The molecule has 1 saturated heterocycles. The molecule has 0 unspecified atom stereocenters. The average Bonchev–Trinajstić information content (AvgIpc) is 2.69. The van der Waals surface area contributed by atoms with Crippen molar-refractivity contribution in [3.63, 3.8) is 0 Å². The molecule has 11 heteroatoms. The summed E-state index contributed by atoms with van der Waals surface area (Å²) in [6.07, 6.45) is -4.66. The van der Waals surface area contributed by atoms with Crippen LogP contribution in [0.4, 0.5) is 13.2 Å². The first kappa shape index (κ1) is 22.7. The number of nitrogens with zero attached hydrogens (tertiary/aromatic N) is 2. The predicted molar refractivity (Wildman–Crippen MR) is 105 cm³/mol. The summed E-state index contributed by atoms with van der Waals surface area (Å²) in [5.41, 5.74) is 0.715. The smallest absolute Gasteiger partial charge is 0.207 e. The lowest BCUT2D eigenvalue weighted by molar-refractivity contribution is -0.137. The van der Waals surface area contributed by atoms with E-state index in [0.717, 1.165) is 33.6 Å². The summed E-state index contributed by atoms with van der Waals surface area (Å²) in [7, 11) is -7.98. The molecule has 0 N–H and O–H groups in total. The maximum Gasteiger partial charge on any atom is 0.416 e. The van der Waals surface area contributed by atoms with Gasteiger partial charge in [-0.25, -0.2) is 16.8 Å². The van der Waals surface area contributed by atoms with Crippen LogP contribution in [0, 0.1) is 13.8 Å². The van der Waals surface area contributed by atoms with Crippen molar-refractivity contribution in [2.75, 3.05) is 26.2 Å². The van der Waals surface area contributed by atoms with E-state index in [9.17, 15) is 30.0 Å². The lowest BCUT2D eigenvalue weighted by Crippen LogP contribution is -2.50. The quantitative estimate of drug-likeness (QED) is 0.700. The SMILES string of the molecule is Cc1ccc(S(=O)(=O)N2CCN(S(=O)(=O)c3cccc(C(F)(F)F)c3)CC2)cc1C. The number of sulfonamides is 2. The largest absolute Gasteiger partial charge is 0.416 e. The molecule has 2 aromatic carbocycles. The number of benzene rings is 2.